The number of piperidine rings is 1. The van der Waals surface area contributed by atoms with Crippen LogP contribution < -0.4 is 5.32 Å². The van der Waals surface area contributed by atoms with Crippen LogP contribution in [-0.4, -0.2) is 61.6 Å². The smallest absolute Gasteiger partial charge is 0.317 e. The van der Waals surface area contributed by atoms with E-state index in [0.29, 0.717) is 31.8 Å². The van der Waals surface area contributed by atoms with E-state index < -0.39 is 10.0 Å². The highest BCUT2D eigenvalue weighted by molar-refractivity contribution is 7.89. The second-order valence-electron chi connectivity index (χ2n) is 8.05. The van der Waals surface area contributed by atoms with E-state index in [1.807, 2.05) is 13.1 Å². The first-order chi connectivity index (χ1) is 13.4. The predicted molar refractivity (Wildman–Crippen MR) is 112 cm³/mol. The van der Waals surface area contributed by atoms with Gasteiger partial charge in [0.1, 0.15) is 0 Å². The third-order valence-electron chi connectivity index (χ3n) is 6.38. The molecule has 1 saturated carbocycles. The average Bonchev–Trinajstić information content (AvgIpc) is 2.74. The molecule has 6 nitrogen and oxygen atoms in total. The van der Waals surface area contributed by atoms with Crippen molar-refractivity contribution in [1.29, 1.82) is 0 Å². The largest absolute Gasteiger partial charge is 0.335 e. The molecule has 156 valence electrons. The van der Waals surface area contributed by atoms with Crippen LogP contribution in [0.5, 0.6) is 0 Å². The van der Waals surface area contributed by atoms with Gasteiger partial charge < -0.3 is 10.2 Å². The fraction of sp³-hybridized carbons (Fsp3) is 0.667. The van der Waals surface area contributed by atoms with Crippen LogP contribution in [0.1, 0.15) is 56.9 Å². The van der Waals surface area contributed by atoms with E-state index >= 15 is 0 Å². The highest BCUT2D eigenvalue weighted by Gasteiger charge is 2.31. The maximum atomic E-state index is 12.7. The van der Waals surface area contributed by atoms with Crippen LogP contribution in [0, 0.1) is 0 Å². The normalized spacial score (nSPS) is 24.6. The molecule has 1 aromatic rings. The van der Waals surface area contributed by atoms with Gasteiger partial charge in [0.05, 0.1) is 5.75 Å². The van der Waals surface area contributed by atoms with Crippen molar-refractivity contribution in [2.24, 2.45) is 0 Å². The number of sulfonamides is 1. The summed E-state index contributed by atoms with van der Waals surface area (Å²) in [6.07, 6.45) is 5.62. The number of carbonyl (C=O) groups excluding carboxylic acids is 1. The van der Waals surface area contributed by atoms with E-state index in [-0.39, 0.29) is 23.9 Å². The number of nitrogens with zero attached hydrogens (tertiary/aromatic N) is 2. The van der Waals surface area contributed by atoms with Crippen LogP contribution >= 0.6 is 0 Å². The van der Waals surface area contributed by atoms with E-state index in [2.05, 4.69) is 29.6 Å². The Hall–Kier alpha value is -1.60. The summed E-state index contributed by atoms with van der Waals surface area (Å²) in [4.78, 5) is 14.5. The van der Waals surface area contributed by atoms with Crippen LogP contribution in [0.4, 0.5) is 4.79 Å². The lowest BCUT2D eigenvalue weighted by atomic mass is 9.82. The van der Waals surface area contributed by atoms with Gasteiger partial charge in [0.2, 0.25) is 10.0 Å². The van der Waals surface area contributed by atoms with E-state index in [0.717, 1.165) is 25.7 Å². The second-order valence-corrected chi connectivity index (χ2v) is 10.3. The lowest BCUT2D eigenvalue weighted by Crippen LogP contribution is -2.52. The molecule has 1 N–H and O–H groups in total. The molecule has 0 aromatic heterocycles. The maximum absolute atomic E-state index is 12.7. The lowest BCUT2D eigenvalue weighted by Gasteiger charge is -2.37. The molecule has 2 aliphatic rings. The number of rotatable bonds is 5. The number of nitrogens with one attached hydrogen (secondary N) is 1. The number of hydrogen-bond acceptors (Lipinski definition) is 3. The van der Waals surface area contributed by atoms with Gasteiger partial charge in [-0.1, -0.05) is 30.3 Å². The molecule has 1 aromatic carbocycles. The molecule has 0 spiro atoms. The minimum atomic E-state index is -3.13. The Morgan fingerprint density at radius 3 is 2.25 bits per heavy atom. The van der Waals surface area contributed by atoms with Crippen molar-refractivity contribution < 1.29 is 13.2 Å². The van der Waals surface area contributed by atoms with Gasteiger partial charge in [-0.25, -0.2) is 17.5 Å². The second kappa shape index (κ2) is 9.27. The van der Waals surface area contributed by atoms with Crippen molar-refractivity contribution in [3.63, 3.8) is 0 Å². The fourth-order valence-corrected chi connectivity index (χ4v) is 5.56. The Labute approximate surface area is 169 Å². The Bertz CT molecular complexity index is 737. The predicted octanol–water partition coefficient (Wildman–Crippen LogP) is 3.17. The van der Waals surface area contributed by atoms with Gasteiger partial charge in [0.25, 0.3) is 0 Å². The number of benzene rings is 1. The summed E-state index contributed by atoms with van der Waals surface area (Å²) in [5.41, 5.74) is 1.40. The first kappa shape index (κ1) is 21.1. The molecule has 3 rings (SSSR count). The summed E-state index contributed by atoms with van der Waals surface area (Å²) >= 11 is 0. The molecular weight excluding hydrogens is 374 g/mol. The molecule has 0 unspecified atom stereocenters. The van der Waals surface area contributed by atoms with Crippen molar-refractivity contribution in [2.45, 2.75) is 63.5 Å². The topological polar surface area (TPSA) is 69.7 Å². The zero-order valence-corrected chi connectivity index (χ0v) is 17.8. The van der Waals surface area contributed by atoms with Crippen LogP contribution in [0.2, 0.25) is 0 Å². The highest BCUT2D eigenvalue weighted by atomic mass is 32.2. The molecule has 7 heteroatoms. The Morgan fingerprint density at radius 1 is 1.07 bits per heavy atom. The maximum Gasteiger partial charge on any atom is 0.317 e. The van der Waals surface area contributed by atoms with Crippen LogP contribution in [0.3, 0.4) is 0 Å². The number of hydrogen-bond donors (Lipinski definition) is 1. The summed E-state index contributed by atoms with van der Waals surface area (Å²) in [5.74, 6) is 0.733. The highest BCUT2D eigenvalue weighted by Crippen LogP contribution is 2.32. The van der Waals surface area contributed by atoms with Crippen molar-refractivity contribution >= 4 is 16.1 Å². The van der Waals surface area contributed by atoms with E-state index in [9.17, 15) is 13.2 Å². The fourth-order valence-electron chi connectivity index (χ4n) is 4.43. The van der Waals surface area contributed by atoms with E-state index in [4.69, 9.17) is 0 Å². The van der Waals surface area contributed by atoms with Crippen LogP contribution in [0.25, 0.3) is 0 Å². The number of amides is 2. The summed E-state index contributed by atoms with van der Waals surface area (Å²) < 4.78 is 25.5. The molecule has 1 heterocycles. The number of urea groups is 1. The van der Waals surface area contributed by atoms with E-state index in [1.165, 1.54) is 5.56 Å². The molecule has 2 fully saturated rings. The Kier molecular flexibility index (Phi) is 6.99. The third-order valence-corrected chi connectivity index (χ3v) is 8.26. The molecule has 0 atom stereocenters. The van der Waals surface area contributed by atoms with Gasteiger partial charge in [-0.3, -0.25) is 0 Å². The van der Waals surface area contributed by atoms with Gasteiger partial charge in [0.15, 0.2) is 0 Å². The molecule has 1 aliphatic carbocycles. The molecule has 0 radical (unpaired) electrons. The first-order valence-electron chi connectivity index (χ1n) is 10.5. The molecular formula is C21H33N3O3S. The summed E-state index contributed by atoms with van der Waals surface area (Å²) in [6, 6.07) is 10.9. The molecule has 2 amide bonds. The standard InChI is InChI=1S/C21H33N3O3S/c1-3-28(26,27)24-15-13-20(14-16-24)23(2)21(25)22-19-11-9-18(10-12-19)17-7-5-4-6-8-17/h4-8,18-20H,3,9-16H2,1-2H3,(H,22,25)/t18-,19+. The molecule has 0 bridgehead atoms. The monoisotopic (exact) mass is 407 g/mol. The summed E-state index contributed by atoms with van der Waals surface area (Å²) in [7, 11) is -1.29. The average molecular weight is 408 g/mol. The summed E-state index contributed by atoms with van der Waals surface area (Å²) in [5, 5.41) is 3.20. The lowest BCUT2D eigenvalue weighted by molar-refractivity contribution is 0.157. The Balaban J connectivity index is 1.44. The molecule has 1 saturated heterocycles. The minimum Gasteiger partial charge on any atom is -0.335 e. The van der Waals surface area contributed by atoms with E-state index in [1.54, 1.807) is 16.1 Å². The number of carbonyl (C=O) groups is 1. The van der Waals surface area contributed by atoms with Crippen molar-refractivity contribution in [2.75, 3.05) is 25.9 Å². The van der Waals surface area contributed by atoms with Crippen molar-refractivity contribution in [1.82, 2.24) is 14.5 Å². The zero-order valence-electron chi connectivity index (χ0n) is 17.0. The van der Waals surface area contributed by atoms with Gasteiger partial charge in [0, 0.05) is 32.2 Å². The summed E-state index contributed by atoms with van der Waals surface area (Å²) in [6.45, 7) is 2.68. The van der Waals surface area contributed by atoms with Crippen LogP contribution in [0.15, 0.2) is 30.3 Å². The Morgan fingerprint density at radius 2 is 1.68 bits per heavy atom. The molecule has 28 heavy (non-hydrogen) atoms. The van der Waals surface area contributed by atoms with Gasteiger partial charge in [-0.2, -0.15) is 0 Å². The van der Waals surface area contributed by atoms with Gasteiger partial charge in [-0.15, -0.1) is 0 Å². The minimum absolute atomic E-state index is 0.0278. The third kappa shape index (κ3) is 5.06. The van der Waals surface area contributed by atoms with Crippen molar-refractivity contribution in [3.8, 4) is 0 Å². The van der Waals surface area contributed by atoms with Gasteiger partial charge >= 0.3 is 6.03 Å². The molecule has 1 aliphatic heterocycles. The van der Waals surface area contributed by atoms with Crippen molar-refractivity contribution in [3.05, 3.63) is 35.9 Å². The van der Waals surface area contributed by atoms with Crippen LogP contribution in [-0.2, 0) is 10.0 Å². The zero-order chi connectivity index (χ0) is 20.1. The quantitative estimate of drug-likeness (QED) is 0.815. The first-order valence-corrected chi connectivity index (χ1v) is 12.1. The SMILES string of the molecule is CCS(=O)(=O)N1CCC(N(C)C(=O)N[C@H]2CC[C@@H](c3ccccc3)CC2)CC1. The van der Waals surface area contributed by atoms with Gasteiger partial charge in [-0.05, 0) is 56.9 Å².